The van der Waals surface area contributed by atoms with Gasteiger partial charge in [-0.25, -0.2) is 13.8 Å². The Bertz CT molecular complexity index is 1100. The molecular weight excluding hydrogens is 334 g/mol. The molecule has 24 heavy (non-hydrogen) atoms. The second-order valence-corrected chi connectivity index (χ2v) is 6.18. The van der Waals surface area contributed by atoms with E-state index in [4.69, 9.17) is 4.42 Å². The van der Waals surface area contributed by atoms with Crippen molar-refractivity contribution in [3.8, 4) is 0 Å². The number of thioether (sulfide) groups is 1. The van der Waals surface area contributed by atoms with Crippen molar-refractivity contribution in [2.24, 2.45) is 0 Å². The first-order valence-corrected chi connectivity index (χ1v) is 8.08. The lowest BCUT2D eigenvalue weighted by molar-refractivity contribution is 0.581. The van der Waals surface area contributed by atoms with Crippen LogP contribution in [0.1, 0.15) is 5.56 Å². The van der Waals surface area contributed by atoms with E-state index in [1.165, 1.54) is 23.9 Å². The van der Waals surface area contributed by atoms with E-state index in [0.717, 1.165) is 11.5 Å². The van der Waals surface area contributed by atoms with Gasteiger partial charge >= 0.3 is 0 Å². The van der Waals surface area contributed by atoms with E-state index >= 15 is 0 Å². The van der Waals surface area contributed by atoms with E-state index < -0.39 is 11.6 Å². The van der Waals surface area contributed by atoms with Crippen molar-refractivity contribution in [2.75, 3.05) is 0 Å². The fourth-order valence-corrected chi connectivity index (χ4v) is 3.29. The molecule has 0 bridgehead atoms. The van der Waals surface area contributed by atoms with Gasteiger partial charge in [-0.2, -0.15) is 0 Å². The summed E-state index contributed by atoms with van der Waals surface area (Å²) in [6, 6.07) is 10.6. The SMILES string of the molecule is O=c1[nH]c(SCc2cc(F)cc(F)c2)nc2c1oc1ccccc12. The summed E-state index contributed by atoms with van der Waals surface area (Å²) >= 11 is 1.19. The molecule has 4 rings (SSSR count). The zero-order chi connectivity index (χ0) is 16.7. The lowest BCUT2D eigenvalue weighted by atomic mass is 10.2. The first-order chi connectivity index (χ1) is 11.6. The van der Waals surface area contributed by atoms with E-state index in [1.54, 1.807) is 6.07 Å². The predicted molar refractivity (Wildman–Crippen MR) is 88.1 cm³/mol. The van der Waals surface area contributed by atoms with E-state index in [1.807, 2.05) is 18.2 Å². The number of rotatable bonds is 3. The molecule has 0 amide bonds. The van der Waals surface area contributed by atoms with Crippen LogP contribution in [0.25, 0.3) is 22.1 Å². The molecule has 0 aliphatic rings. The van der Waals surface area contributed by atoms with Gasteiger partial charge in [-0.1, -0.05) is 23.9 Å². The number of aromatic amines is 1. The molecule has 0 spiro atoms. The fourth-order valence-electron chi connectivity index (χ4n) is 2.49. The maximum Gasteiger partial charge on any atom is 0.295 e. The molecule has 0 saturated heterocycles. The first kappa shape index (κ1) is 14.9. The Kier molecular flexibility index (Phi) is 3.57. The molecule has 0 unspecified atom stereocenters. The molecule has 2 aromatic carbocycles. The molecule has 2 heterocycles. The second-order valence-electron chi connectivity index (χ2n) is 5.21. The highest BCUT2D eigenvalue weighted by molar-refractivity contribution is 7.98. The van der Waals surface area contributed by atoms with Crippen LogP contribution < -0.4 is 5.56 Å². The van der Waals surface area contributed by atoms with Gasteiger partial charge in [0.05, 0.1) is 0 Å². The van der Waals surface area contributed by atoms with E-state index in [2.05, 4.69) is 9.97 Å². The number of fused-ring (bicyclic) bond motifs is 3. The summed E-state index contributed by atoms with van der Waals surface area (Å²) in [6.07, 6.45) is 0. The third kappa shape index (κ3) is 2.67. The van der Waals surface area contributed by atoms with E-state index in [-0.39, 0.29) is 16.9 Å². The number of H-pyrrole nitrogens is 1. The first-order valence-electron chi connectivity index (χ1n) is 7.09. The van der Waals surface area contributed by atoms with Gasteiger partial charge in [0.15, 0.2) is 5.16 Å². The van der Waals surface area contributed by atoms with E-state index in [0.29, 0.717) is 21.8 Å². The topological polar surface area (TPSA) is 58.9 Å². The number of aromatic nitrogens is 2. The molecule has 1 N–H and O–H groups in total. The predicted octanol–water partition coefficient (Wildman–Crippen LogP) is 4.24. The monoisotopic (exact) mass is 344 g/mol. The van der Waals surface area contributed by atoms with Crippen molar-refractivity contribution >= 4 is 33.8 Å². The maximum atomic E-state index is 13.2. The van der Waals surface area contributed by atoms with E-state index in [9.17, 15) is 13.6 Å². The number of hydrogen-bond donors (Lipinski definition) is 1. The molecule has 0 aliphatic heterocycles. The largest absolute Gasteiger partial charge is 0.449 e. The number of benzene rings is 2. The molecule has 4 nitrogen and oxygen atoms in total. The minimum atomic E-state index is -0.636. The minimum Gasteiger partial charge on any atom is -0.449 e. The zero-order valence-electron chi connectivity index (χ0n) is 12.2. The summed E-state index contributed by atoms with van der Waals surface area (Å²) < 4.78 is 32.0. The summed E-state index contributed by atoms with van der Waals surface area (Å²) in [4.78, 5) is 19.2. The van der Waals surface area contributed by atoms with Gasteiger partial charge in [0.25, 0.3) is 5.56 Å². The van der Waals surface area contributed by atoms with Crippen molar-refractivity contribution in [1.29, 1.82) is 0 Å². The Morgan fingerprint density at radius 1 is 1.12 bits per heavy atom. The lowest BCUT2D eigenvalue weighted by Gasteiger charge is -2.02. The van der Waals surface area contributed by atoms with Crippen LogP contribution in [0.3, 0.4) is 0 Å². The summed E-state index contributed by atoms with van der Waals surface area (Å²) in [6.45, 7) is 0. The molecule has 7 heteroatoms. The molecule has 0 fully saturated rings. The quantitative estimate of drug-likeness (QED) is 0.446. The maximum absolute atomic E-state index is 13.2. The Morgan fingerprint density at radius 2 is 1.88 bits per heavy atom. The smallest absolute Gasteiger partial charge is 0.295 e. The number of nitrogens with one attached hydrogen (secondary N) is 1. The van der Waals surface area contributed by atoms with Crippen LogP contribution in [0.4, 0.5) is 8.78 Å². The van der Waals surface area contributed by atoms with Crippen LogP contribution in [0, 0.1) is 11.6 Å². The molecule has 0 saturated carbocycles. The Labute approximate surface area is 138 Å². The second kappa shape index (κ2) is 5.76. The number of furan rings is 1. The van der Waals surface area contributed by atoms with Crippen molar-refractivity contribution in [3.63, 3.8) is 0 Å². The standard InChI is InChI=1S/C17H10F2N2O2S/c18-10-5-9(6-11(19)7-10)8-24-17-20-14-12-3-1-2-4-13(12)23-15(14)16(22)21-17/h1-7H,8H2,(H,20,21,22). The van der Waals surface area contributed by atoms with Gasteiger partial charge in [0, 0.05) is 17.2 Å². The summed E-state index contributed by atoms with van der Waals surface area (Å²) in [7, 11) is 0. The lowest BCUT2D eigenvalue weighted by Crippen LogP contribution is -2.07. The van der Waals surface area contributed by atoms with Crippen LogP contribution in [0.2, 0.25) is 0 Å². The molecule has 2 aromatic heterocycles. The normalized spacial score (nSPS) is 11.4. The Balaban J connectivity index is 1.72. The van der Waals surface area contributed by atoms with Crippen LogP contribution in [-0.4, -0.2) is 9.97 Å². The summed E-state index contributed by atoms with van der Waals surface area (Å²) in [5.41, 5.74) is 1.31. The average molecular weight is 344 g/mol. The Hall–Kier alpha value is -2.67. The Morgan fingerprint density at radius 3 is 2.67 bits per heavy atom. The van der Waals surface area contributed by atoms with Crippen molar-refractivity contribution in [1.82, 2.24) is 9.97 Å². The van der Waals surface area contributed by atoms with Crippen LogP contribution >= 0.6 is 11.8 Å². The molecule has 0 aliphatic carbocycles. The minimum absolute atomic E-state index is 0.164. The zero-order valence-corrected chi connectivity index (χ0v) is 13.0. The third-order valence-electron chi connectivity index (χ3n) is 3.51. The number of halogens is 2. The number of nitrogens with zero attached hydrogens (tertiary/aromatic N) is 1. The van der Waals surface area contributed by atoms with Crippen molar-refractivity contribution < 1.29 is 13.2 Å². The highest BCUT2D eigenvalue weighted by atomic mass is 32.2. The molecule has 0 radical (unpaired) electrons. The van der Waals surface area contributed by atoms with Crippen LogP contribution in [0.5, 0.6) is 0 Å². The van der Waals surface area contributed by atoms with Crippen molar-refractivity contribution in [3.05, 3.63) is 70.0 Å². The van der Waals surface area contributed by atoms with Crippen molar-refractivity contribution in [2.45, 2.75) is 10.9 Å². The van der Waals surface area contributed by atoms with Gasteiger partial charge in [-0.05, 0) is 29.8 Å². The van der Waals surface area contributed by atoms with Gasteiger partial charge < -0.3 is 4.42 Å². The van der Waals surface area contributed by atoms with Gasteiger partial charge in [-0.3, -0.25) is 9.78 Å². The fraction of sp³-hybridized carbons (Fsp3) is 0.0588. The number of para-hydroxylation sites is 1. The molecule has 4 aromatic rings. The van der Waals surface area contributed by atoms with Crippen LogP contribution in [0.15, 0.2) is 56.8 Å². The summed E-state index contributed by atoms with van der Waals surface area (Å²) in [5.74, 6) is -0.995. The number of hydrogen-bond acceptors (Lipinski definition) is 4. The third-order valence-corrected chi connectivity index (χ3v) is 4.45. The summed E-state index contributed by atoms with van der Waals surface area (Å²) in [5, 5.41) is 1.11. The van der Waals surface area contributed by atoms with Gasteiger partial charge in [0.1, 0.15) is 22.7 Å². The highest BCUT2D eigenvalue weighted by Gasteiger charge is 2.13. The molecule has 0 atom stereocenters. The molecular formula is C17H10F2N2O2S. The highest BCUT2D eigenvalue weighted by Crippen LogP contribution is 2.27. The molecule has 120 valence electrons. The average Bonchev–Trinajstić information content (AvgIpc) is 2.92. The van der Waals surface area contributed by atoms with Gasteiger partial charge in [0.2, 0.25) is 5.58 Å². The van der Waals surface area contributed by atoms with Gasteiger partial charge in [-0.15, -0.1) is 0 Å². The van der Waals surface area contributed by atoms with Crippen LogP contribution in [-0.2, 0) is 5.75 Å².